The fraction of sp³-hybridized carbons (Fsp3) is 0.533. The van der Waals surface area contributed by atoms with Crippen molar-refractivity contribution in [2.75, 3.05) is 20.2 Å². The van der Waals surface area contributed by atoms with Gasteiger partial charge in [-0.2, -0.15) is 0 Å². The number of hydrogen-bond donors (Lipinski definition) is 2. The zero-order valence-electron chi connectivity index (χ0n) is 11.7. The molecule has 2 rings (SSSR count). The number of amides is 1. The van der Waals surface area contributed by atoms with E-state index in [1.165, 1.54) is 17.7 Å². The molecule has 1 aliphatic heterocycles. The first kappa shape index (κ1) is 13.9. The van der Waals surface area contributed by atoms with Gasteiger partial charge in [-0.3, -0.25) is 4.79 Å². The highest BCUT2D eigenvalue weighted by atomic mass is 16.5. The summed E-state index contributed by atoms with van der Waals surface area (Å²) >= 11 is 0. The first-order valence-electron chi connectivity index (χ1n) is 6.96. The summed E-state index contributed by atoms with van der Waals surface area (Å²) in [6.07, 6.45) is 2.48. The van der Waals surface area contributed by atoms with Crippen molar-refractivity contribution in [3.8, 4) is 5.75 Å². The Morgan fingerprint density at radius 2 is 1.95 bits per heavy atom. The van der Waals surface area contributed by atoms with Crippen molar-refractivity contribution >= 4 is 5.91 Å². The molecule has 4 heteroatoms. The maximum atomic E-state index is 12.1. The quantitative estimate of drug-likeness (QED) is 0.806. The van der Waals surface area contributed by atoms with Crippen molar-refractivity contribution in [2.45, 2.75) is 32.4 Å². The molecule has 0 bridgehead atoms. The molecule has 2 N–H and O–H groups in total. The second kappa shape index (κ2) is 6.57. The Balaban J connectivity index is 1.81. The number of carbonyl (C=O) groups excluding carboxylic acids is 1. The van der Waals surface area contributed by atoms with Crippen LogP contribution >= 0.6 is 0 Å². The molecule has 0 radical (unpaired) electrons. The van der Waals surface area contributed by atoms with Gasteiger partial charge in [0.05, 0.1) is 20.2 Å². The minimum absolute atomic E-state index is 0.0562. The minimum Gasteiger partial charge on any atom is -0.497 e. The first-order valence-corrected chi connectivity index (χ1v) is 6.96. The lowest BCUT2D eigenvalue weighted by atomic mass is 10.2. The van der Waals surface area contributed by atoms with E-state index in [1.54, 1.807) is 7.11 Å². The Kier molecular flexibility index (Phi) is 4.80. The smallest absolute Gasteiger partial charge is 0.278 e. The second-order valence-electron chi connectivity index (χ2n) is 5.15. The molecule has 0 saturated carbocycles. The number of methoxy groups -OCH3 is 1. The first-order chi connectivity index (χ1) is 9.20. The fourth-order valence-electron chi connectivity index (χ4n) is 2.53. The maximum absolute atomic E-state index is 12.1. The van der Waals surface area contributed by atoms with E-state index < -0.39 is 0 Å². The predicted molar refractivity (Wildman–Crippen MR) is 74.2 cm³/mol. The Hall–Kier alpha value is -1.55. The van der Waals surface area contributed by atoms with E-state index in [4.69, 9.17) is 4.74 Å². The van der Waals surface area contributed by atoms with E-state index in [-0.39, 0.29) is 11.9 Å². The van der Waals surface area contributed by atoms with Gasteiger partial charge in [-0.25, -0.2) is 0 Å². The van der Waals surface area contributed by atoms with Crippen LogP contribution in [0.2, 0.25) is 0 Å². The predicted octanol–water partition coefficient (Wildman–Crippen LogP) is 0.379. The van der Waals surface area contributed by atoms with E-state index in [0.29, 0.717) is 6.54 Å². The lowest BCUT2D eigenvalue weighted by Gasteiger charge is -2.20. The summed E-state index contributed by atoms with van der Waals surface area (Å²) in [5.41, 5.74) is 1.10. The van der Waals surface area contributed by atoms with Crippen molar-refractivity contribution in [3.05, 3.63) is 29.8 Å². The number of quaternary nitrogens is 1. The molecule has 4 nitrogen and oxygen atoms in total. The Morgan fingerprint density at radius 1 is 1.32 bits per heavy atom. The van der Waals surface area contributed by atoms with Gasteiger partial charge >= 0.3 is 0 Å². The van der Waals surface area contributed by atoms with E-state index in [2.05, 4.69) is 5.32 Å². The number of ether oxygens (including phenoxy) is 1. The summed E-state index contributed by atoms with van der Waals surface area (Å²) in [6.45, 7) is 4.85. The summed E-state index contributed by atoms with van der Waals surface area (Å²) in [6, 6.07) is 7.84. The molecule has 1 amide bonds. The van der Waals surface area contributed by atoms with E-state index in [1.807, 2.05) is 31.2 Å². The Morgan fingerprint density at radius 3 is 2.53 bits per heavy atom. The SMILES string of the molecule is COc1ccc(CNC(=O)[C@@H](C)[NH+]2CCCC2)cc1. The topological polar surface area (TPSA) is 42.8 Å². The van der Waals surface area contributed by atoms with Crippen LogP contribution in [0.25, 0.3) is 0 Å². The molecule has 1 heterocycles. The van der Waals surface area contributed by atoms with Gasteiger partial charge in [0.15, 0.2) is 6.04 Å². The number of benzene rings is 1. The molecule has 104 valence electrons. The van der Waals surface area contributed by atoms with Crippen LogP contribution in [0.4, 0.5) is 0 Å². The van der Waals surface area contributed by atoms with E-state index in [0.717, 1.165) is 24.4 Å². The molecule has 0 spiro atoms. The highest BCUT2D eigenvalue weighted by Gasteiger charge is 2.27. The standard InChI is InChI=1S/C15H22N2O2/c1-12(17-9-3-4-10-17)15(18)16-11-13-5-7-14(19-2)8-6-13/h5-8,12H,3-4,9-11H2,1-2H3,(H,16,18)/p+1/t12-/m1/s1. The average molecular weight is 263 g/mol. The van der Waals surface area contributed by atoms with Gasteiger partial charge in [0.2, 0.25) is 0 Å². The van der Waals surface area contributed by atoms with Gasteiger partial charge in [0.1, 0.15) is 5.75 Å². The van der Waals surface area contributed by atoms with Crippen molar-refractivity contribution in [3.63, 3.8) is 0 Å². The number of carbonyl (C=O) groups is 1. The summed E-state index contributed by atoms with van der Waals surface area (Å²) < 4.78 is 5.11. The van der Waals surface area contributed by atoms with Gasteiger partial charge in [0, 0.05) is 19.4 Å². The van der Waals surface area contributed by atoms with Gasteiger partial charge < -0.3 is 15.0 Å². The molecule has 1 aromatic carbocycles. The average Bonchev–Trinajstić information content (AvgIpc) is 2.98. The Labute approximate surface area is 114 Å². The molecular weight excluding hydrogens is 240 g/mol. The van der Waals surface area contributed by atoms with Crippen molar-refractivity contribution < 1.29 is 14.4 Å². The molecule has 1 aromatic rings. The van der Waals surface area contributed by atoms with Crippen molar-refractivity contribution in [1.82, 2.24) is 5.32 Å². The highest BCUT2D eigenvalue weighted by Crippen LogP contribution is 2.10. The second-order valence-corrected chi connectivity index (χ2v) is 5.15. The van der Waals surface area contributed by atoms with Crippen LogP contribution in [-0.4, -0.2) is 32.1 Å². The van der Waals surface area contributed by atoms with Gasteiger partial charge in [-0.05, 0) is 24.6 Å². The van der Waals surface area contributed by atoms with E-state index >= 15 is 0 Å². The fourth-order valence-corrected chi connectivity index (χ4v) is 2.53. The van der Waals surface area contributed by atoms with Crippen LogP contribution in [0, 0.1) is 0 Å². The number of rotatable bonds is 5. The summed E-state index contributed by atoms with van der Waals surface area (Å²) in [4.78, 5) is 13.5. The maximum Gasteiger partial charge on any atom is 0.278 e. The van der Waals surface area contributed by atoms with Crippen LogP contribution in [-0.2, 0) is 11.3 Å². The molecule has 1 fully saturated rings. The van der Waals surface area contributed by atoms with Crippen molar-refractivity contribution in [1.29, 1.82) is 0 Å². The lowest BCUT2D eigenvalue weighted by Crippen LogP contribution is -3.14. The van der Waals surface area contributed by atoms with Crippen LogP contribution in [0.15, 0.2) is 24.3 Å². The molecule has 1 aliphatic rings. The summed E-state index contributed by atoms with van der Waals surface area (Å²) in [7, 11) is 1.65. The monoisotopic (exact) mass is 263 g/mol. The third-order valence-electron chi connectivity index (χ3n) is 3.88. The summed E-state index contributed by atoms with van der Waals surface area (Å²) in [5.74, 6) is 0.984. The normalized spacial score (nSPS) is 17.2. The van der Waals surface area contributed by atoms with Gasteiger partial charge in [-0.15, -0.1) is 0 Å². The molecule has 0 unspecified atom stereocenters. The molecule has 1 saturated heterocycles. The molecule has 0 aliphatic carbocycles. The molecular formula is C15H23N2O2+. The van der Waals surface area contributed by atoms with Crippen LogP contribution < -0.4 is 15.0 Å². The number of hydrogen-bond acceptors (Lipinski definition) is 2. The van der Waals surface area contributed by atoms with Gasteiger partial charge in [0.25, 0.3) is 5.91 Å². The number of likely N-dealkylation sites (tertiary alicyclic amines) is 1. The van der Waals surface area contributed by atoms with Crippen LogP contribution in [0.5, 0.6) is 5.75 Å². The Bertz CT molecular complexity index is 411. The van der Waals surface area contributed by atoms with E-state index in [9.17, 15) is 4.79 Å². The zero-order chi connectivity index (χ0) is 13.7. The molecule has 0 aromatic heterocycles. The molecule has 19 heavy (non-hydrogen) atoms. The highest BCUT2D eigenvalue weighted by molar-refractivity contribution is 5.79. The van der Waals surface area contributed by atoms with Crippen molar-refractivity contribution in [2.24, 2.45) is 0 Å². The molecule has 1 atom stereocenters. The minimum atomic E-state index is 0.0562. The third-order valence-corrected chi connectivity index (χ3v) is 3.88. The summed E-state index contributed by atoms with van der Waals surface area (Å²) in [5, 5.41) is 3.01. The van der Waals surface area contributed by atoms with Crippen LogP contribution in [0.3, 0.4) is 0 Å². The van der Waals surface area contributed by atoms with Gasteiger partial charge in [-0.1, -0.05) is 12.1 Å². The largest absolute Gasteiger partial charge is 0.497 e. The zero-order valence-corrected chi connectivity index (χ0v) is 11.7. The van der Waals surface area contributed by atoms with Crippen LogP contribution in [0.1, 0.15) is 25.3 Å². The lowest BCUT2D eigenvalue weighted by molar-refractivity contribution is -0.901. The third kappa shape index (κ3) is 3.70. The number of nitrogens with one attached hydrogen (secondary N) is 2.